The molecule has 1 aromatic carbocycles. The molecule has 1 aromatic heterocycles. The van der Waals surface area contributed by atoms with Gasteiger partial charge < -0.3 is 0 Å². The lowest BCUT2D eigenvalue weighted by Crippen LogP contribution is -2.30. The third-order valence-corrected chi connectivity index (χ3v) is 6.05. The standard InChI is InChI=1S/C18H23BrN2/c1-18(2)11-7-6-10-16(18)17(19)14-12-20-21(13-14)15-8-4-3-5-9-15/h3-5,8-9,12-13,16-17H,6-7,10-11H2,1-2H3. The molecule has 21 heavy (non-hydrogen) atoms. The SMILES string of the molecule is CC1(C)CCCCC1C(Br)c1cnn(-c2ccccc2)c1. The van der Waals surface area contributed by atoms with Crippen molar-refractivity contribution in [1.82, 2.24) is 9.78 Å². The predicted molar refractivity (Wildman–Crippen MR) is 91.0 cm³/mol. The molecule has 2 unspecified atom stereocenters. The van der Waals surface area contributed by atoms with Crippen LogP contribution >= 0.6 is 15.9 Å². The van der Waals surface area contributed by atoms with Crippen molar-refractivity contribution in [2.45, 2.75) is 44.4 Å². The molecule has 2 atom stereocenters. The molecule has 3 heteroatoms. The van der Waals surface area contributed by atoms with Crippen LogP contribution in [0.5, 0.6) is 0 Å². The maximum Gasteiger partial charge on any atom is 0.0645 e. The summed E-state index contributed by atoms with van der Waals surface area (Å²) in [6.45, 7) is 4.82. The Kier molecular flexibility index (Phi) is 4.21. The Labute approximate surface area is 135 Å². The van der Waals surface area contributed by atoms with E-state index in [2.05, 4.69) is 53.2 Å². The van der Waals surface area contributed by atoms with E-state index in [9.17, 15) is 0 Å². The molecule has 0 radical (unpaired) electrons. The lowest BCUT2D eigenvalue weighted by atomic mass is 9.67. The van der Waals surface area contributed by atoms with Crippen molar-refractivity contribution in [3.63, 3.8) is 0 Å². The summed E-state index contributed by atoms with van der Waals surface area (Å²) in [4.78, 5) is 0.394. The van der Waals surface area contributed by atoms with Crippen LogP contribution in [0.3, 0.4) is 0 Å². The maximum absolute atomic E-state index is 4.54. The predicted octanol–water partition coefficient (Wildman–Crippen LogP) is 5.52. The topological polar surface area (TPSA) is 17.8 Å². The van der Waals surface area contributed by atoms with Crippen LogP contribution < -0.4 is 0 Å². The molecular formula is C18H23BrN2. The Morgan fingerprint density at radius 1 is 1.24 bits per heavy atom. The molecule has 0 amide bonds. The van der Waals surface area contributed by atoms with Gasteiger partial charge >= 0.3 is 0 Å². The number of alkyl halides is 1. The summed E-state index contributed by atoms with van der Waals surface area (Å²) in [5, 5.41) is 4.54. The van der Waals surface area contributed by atoms with Crippen molar-refractivity contribution in [1.29, 1.82) is 0 Å². The van der Waals surface area contributed by atoms with Crippen molar-refractivity contribution in [3.05, 3.63) is 48.3 Å². The first-order valence-corrected chi connectivity index (χ1v) is 8.73. The molecule has 112 valence electrons. The van der Waals surface area contributed by atoms with E-state index in [0.717, 1.165) is 5.69 Å². The van der Waals surface area contributed by atoms with Crippen LogP contribution in [0.25, 0.3) is 5.69 Å². The molecule has 0 saturated heterocycles. The summed E-state index contributed by atoms with van der Waals surface area (Å²) in [6, 6.07) is 10.3. The number of nitrogens with zero attached hydrogens (tertiary/aromatic N) is 2. The number of rotatable bonds is 3. The number of aromatic nitrogens is 2. The van der Waals surface area contributed by atoms with Gasteiger partial charge in [-0.1, -0.05) is 60.8 Å². The molecule has 1 saturated carbocycles. The highest BCUT2D eigenvalue weighted by Gasteiger charge is 2.37. The van der Waals surface area contributed by atoms with E-state index in [1.54, 1.807) is 0 Å². The minimum atomic E-state index is 0.394. The number of para-hydroxylation sites is 1. The van der Waals surface area contributed by atoms with E-state index < -0.39 is 0 Å². The van der Waals surface area contributed by atoms with Crippen LogP contribution in [0, 0.1) is 11.3 Å². The molecule has 1 aliphatic carbocycles. The van der Waals surface area contributed by atoms with Gasteiger partial charge in [0.2, 0.25) is 0 Å². The number of halogens is 1. The fraction of sp³-hybridized carbons (Fsp3) is 0.500. The monoisotopic (exact) mass is 346 g/mol. The van der Waals surface area contributed by atoms with Gasteiger partial charge in [0.25, 0.3) is 0 Å². The first-order valence-electron chi connectivity index (χ1n) is 7.82. The van der Waals surface area contributed by atoms with Gasteiger partial charge in [0.1, 0.15) is 0 Å². The second-order valence-electron chi connectivity index (χ2n) is 6.80. The average Bonchev–Trinajstić information content (AvgIpc) is 2.97. The van der Waals surface area contributed by atoms with Crippen LogP contribution in [-0.2, 0) is 0 Å². The summed E-state index contributed by atoms with van der Waals surface area (Å²) in [7, 11) is 0. The zero-order chi connectivity index (χ0) is 14.9. The molecular weight excluding hydrogens is 324 g/mol. The lowest BCUT2D eigenvalue weighted by Gasteiger charge is -2.41. The van der Waals surface area contributed by atoms with Gasteiger partial charge in [-0.3, -0.25) is 0 Å². The molecule has 0 aliphatic heterocycles. The minimum absolute atomic E-state index is 0.394. The van der Waals surface area contributed by atoms with E-state index >= 15 is 0 Å². The van der Waals surface area contributed by atoms with Crippen molar-refractivity contribution >= 4 is 15.9 Å². The first-order chi connectivity index (χ1) is 10.1. The average molecular weight is 347 g/mol. The van der Waals surface area contributed by atoms with Crippen molar-refractivity contribution in [2.75, 3.05) is 0 Å². The molecule has 2 nitrogen and oxygen atoms in total. The molecule has 0 spiro atoms. The molecule has 0 bridgehead atoms. The van der Waals surface area contributed by atoms with Crippen LogP contribution in [-0.4, -0.2) is 9.78 Å². The molecule has 1 fully saturated rings. The zero-order valence-corrected chi connectivity index (χ0v) is 14.4. The lowest BCUT2D eigenvalue weighted by molar-refractivity contribution is 0.136. The molecule has 0 N–H and O–H groups in total. The Morgan fingerprint density at radius 3 is 2.71 bits per heavy atom. The van der Waals surface area contributed by atoms with E-state index in [-0.39, 0.29) is 0 Å². The zero-order valence-electron chi connectivity index (χ0n) is 12.8. The van der Waals surface area contributed by atoms with Gasteiger partial charge in [-0.05, 0) is 36.3 Å². The van der Waals surface area contributed by atoms with Gasteiger partial charge in [-0.15, -0.1) is 0 Å². The highest BCUT2D eigenvalue weighted by Crippen LogP contribution is 2.50. The van der Waals surface area contributed by atoms with E-state index in [4.69, 9.17) is 0 Å². The summed E-state index contributed by atoms with van der Waals surface area (Å²) in [5.41, 5.74) is 2.81. The highest BCUT2D eigenvalue weighted by atomic mass is 79.9. The second-order valence-corrected chi connectivity index (χ2v) is 7.78. The highest BCUT2D eigenvalue weighted by molar-refractivity contribution is 9.09. The molecule has 2 aromatic rings. The first kappa shape index (κ1) is 14.8. The van der Waals surface area contributed by atoms with Gasteiger partial charge in [0, 0.05) is 16.6 Å². The summed E-state index contributed by atoms with van der Waals surface area (Å²) < 4.78 is 1.97. The van der Waals surface area contributed by atoms with Crippen LogP contribution in [0.2, 0.25) is 0 Å². The third-order valence-electron chi connectivity index (χ3n) is 4.89. The number of hydrogen-bond donors (Lipinski definition) is 0. The Bertz CT molecular complexity index is 588. The molecule has 1 aliphatic rings. The fourth-order valence-corrected chi connectivity index (χ4v) is 4.71. The summed E-state index contributed by atoms with van der Waals surface area (Å²) in [5.74, 6) is 0.680. The van der Waals surface area contributed by atoms with Gasteiger partial charge in [0.15, 0.2) is 0 Å². The molecule has 1 heterocycles. The van der Waals surface area contributed by atoms with Crippen molar-refractivity contribution < 1.29 is 0 Å². The number of hydrogen-bond acceptors (Lipinski definition) is 1. The van der Waals surface area contributed by atoms with Gasteiger partial charge in [-0.2, -0.15) is 5.10 Å². The fourth-order valence-electron chi connectivity index (χ4n) is 3.50. The van der Waals surface area contributed by atoms with E-state index in [1.165, 1.54) is 31.2 Å². The quantitative estimate of drug-likeness (QED) is 0.668. The van der Waals surface area contributed by atoms with Crippen LogP contribution in [0.1, 0.15) is 49.9 Å². The van der Waals surface area contributed by atoms with Crippen molar-refractivity contribution in [2.24, 2.45) is 11.3 Å². The minimum Gasteiger partial charge on any atom is -0.241 e. The Balaban J connectivity index is 1.82. The summed E-state index contributed by atoms with van der Waals surface area (Å²) in [6.07, 6.45) is 9.53. The smallest absolute Gasteiger partial charge is 0.0645 e. The van der Waals surface area contributed by atoms with Gasteiger partial charge in [-0.25, -0.2) is 4.68 Å². The van der Waals surface area contributed by atoms with Gasteiger partial charge in [0.05, 0.1) is 11.9 Å². The van der Waals surface area contributed by atoms with E-state index in [0.29, 0.717) is 16.2 Å². The third kappa shape index (κ3) is 3.08. The number of benzene rings is 1. The summed E-state index contributed by atoms with van der Waals surface area (Å²) >= 11 is 3.96. The van der Waals surface area contributed by atoms with Crippen LogP contribution in [0.15, 0.2) is 42.7 Å². The molecule has 3 rings (SSSR count). The van der Waals surface area contributed by atoms with Crippen molar-refractivity contribution in [3.8, 4) is 5.69 Å². The Morgan fingerprint density at radius 2 is 2.00 bits per heavy atom. The largest absolute Gasteiger partial charge is 0.241 e. The van der Waals surface area contributed by atoms with E-state index in [1.807, 2.05) is 29.1 Å². The Hall–Kier alpha value is -1.09. The maximum atomic E-state index is 4.54. The second kappa shape index (κ2) is 5.96. The normalized spacial score (nSPS) is 22.9. The van der Waals surface area contributed by atoms with Crippen LogP contribution in [0.4, 0.5) is 0 Å².